The molecular weight excluding hydrogens is 428 g/mol. The van der Waals surface area contributed by atoms with Crippen molar-refractivity contribution in [2.75, 3.05) is 37.7 Å². The fourth-order valence-electron chi connectivity index (χ4n) is 4.13. The lowest BCUT2D eigenvalue weighted by Crippen LogP contribution is -2.43. The fraction of sp³-hybridized carbons (Fsp3) is 0.222. The van der Waals surface area contributed by atoms with Crippen LogP contribution in [-0.2, 0) is 9.53 Å². The van der Waals surface area contributed by atoms with Gasteiger partial charge in [0.25, 0.3) is 5.89 Å². The minimum atomic E-state index is -0.0296. The van der Waals surface area contributed by atoms with Crippen molar-refractivity contribution in [1.29, 1.82) is 0 Å². The summed E-state index contributed by atoms with van der Waals surface area (Å²) in [5, 5.41) is 3.94. The standard InChI is InChI=1S/C27H26N4O3/c1-20-28-27(34-29-20)24-9-5-6-10-25(24)31(26(32)19-30-15-17-33-18-16-30)23-13-11-22(12-14-23)21-7-3-2-4-8-21/h2-14H,15-19H2,1H3. The van der Waals surface area contributed by atoms with E-state index in [1.54, 1.807) is 11.8 Å². The van der Waals surface area contributed by atoms with Crippen LogP contribution in [0.3, 0.4) is 0 Å². The molecule has 1 aliphatic rings. The molecule has 5 rings (SSSR count). The number of anilines is 2. The molecule has 0 atom stereocenters. The SMILES string of the molecule is Cc1noc(-c2ccccc2N(C(=O)CN2CCOCC2)c2ccc(-c3ccccc3)cc2)n1. The van der Waals surface area contributed by atoms with Gasteiger partial charge in [-0.1, -0.05) is 59.8 Å². The van der Waals surface area contributed by atoms with Gasteiger partial charge in [-0.05, 0) is 42.3 Å². The van der Waals surface area contributed by atoms with Gasteiger partial charge < -0.3 is 9.26 Å². The maximum absolute atomic E-state index is 13.7. The smallest absolute Gasteiger partial charge is 0.260 e. The molecule has 0 spiro atoms. The molecule has 0 unspecified atom stereocenters. The number of carbonyl (C=O) groups is 1. The van der Waals surface area contributed by atoms with E-state index in [-0.39, 0.29) is 5.91 Å². The Morgan fingerprint density at radius 3 is 2.29 bits per heavy atom. The second kappa shape index (κ2) is 9.99. The minimum Gasteiger partial charge on any atom is -0.379 e. The molecule has 0 saturated carbocycles. The van der Waals surface area contributed by atoms with Crippen molar-refractivity contribution in [1.82, 2.24) is 15.0 Å². The summed E-state index contributed by atoms with van der Waals surface area (Å²) in [6.45, 7) is 4.81. The molecule has 7 nitrogen and oxygen atoms in total. The number of carbonyl (C=O) groups excluding carboxylic acids is 1. The van der Waals surface area contributed by atoms with Crippen molar-refractivity contribution in [3.8, 4) is 22.6 Å². The van der Waals surface area contributed by atoms with E-state index >= 15 is 0 Å². The molecule has 34 heavy (non-hydrogen) atoms. The monoisotopic (exact) mass is 454 g/mol. The third-order valence-electron chi connectivity index (χ3n) is 5.85. The van der Waals surface area contributed by atoms with Crippen molar-refractivity contribution in [3.63, 3.8) is 0 Å². The van der Waals surface area contributed by atoms with E-state index in [4.69, 9.17) is 9.26 Å². The molecule has 0 aliphatic carbocycles. The second-order valence-electron chi connectivity index (χ2n) is 8.19. The fourth-order valence-corrected chi connectivity index (χ4v) is 4.13. The average Bonchev–Trinajstić information content (AvgIpc) is 3.32. The predicted octanol–water partition coefficient (Wildman–Crippen LogP) is 4.71. The van der Waals surface area contributed by atoms with Crippen molar-refractivity contribution < 1.29 is 14.1 Å². The average molecular weight is 455 g/mol. The molecule has 1 amide bonds. The summed E-state index contributed by atoms with van der Waals surface area (Å²) in [5.41, 5.74) is 4.41. The Kier molecular flexibility index (Phi) is 6.46. The Balaban J connectivity index is 1.54. The Labute approximate surface area is 198 Å². The van der Waals surface area contributed by atoms with Gasteiger partial charge in [0.1, 0.15) is 0 Å². The van der Waals surface area contributed by atoms with E-state index in [0.717, 1.165) is 29.9 Å². The number of rotatable bonds is 6. The maximum atomic E-state index is 13.7. The summed E-state index contributed by atoms with van der Waals surface area (Å²) in [6, 6.07) is 25.9. The summed E-state index contributed by atoms with van der Waals surface area (Å²) in [4.78, 5) is 22.0. The van der Waals surface area contributed by atoms with Crippen molar-refractivity contribution in [2.24, 2.45) is 0 Å². The third kappa shape index (κ3) is 4.76. The first-order valence-electron chi connectivity index (χ1n) is 11.4. The quantitative estimate of drug-likeness (QED) is 0.420. The van der Waals surface area contributed by atoms with Gasteiger partial charge in [0.2, 0.25) is 5.91 Å². The van der Waals surface area contributed by atoms with Crippen LogP contribution in [0.1, 0.15) is 5.82 Å². The van der Waals surface area contributed by atoms with Gasteiger partial charge >= 0.3 is 0 Å². The highest BCUT2D eigenvalue weighted by Gasteiger charge is 2.25. The van der Waals surface area contributed by atoms with Gasteiger partial charge in [-0.3, -0.25) is 14.6 Å². The molecule has 1 aliphatic heterocycles. The Morgan fingerprint density at radius 1 is 0.912 bits per heavy atom. The zero-order valence-corrected chi connectivity index (χ0v) is 19.1. The zero-order valence-electron chi connectivity index (χ0n) is 19.1. The number of amides is 1. The lowest BCUT2D eigenvalue weighted by Gasteiger charge is -2.30. The van der Waals surface area contributed by atoms with Crippen molar-refractivity contribution >= 4 is 17.3 Å². The minimum absolute atomic E-state index is 0.0296. The van der Waals surface area contributed by atoms with Crippen LogP contribution in [0.2, 0.25) is 0 Å². The number of benzene rings is 3. The topological polar surface area (TPSA) is 71.7 Å². The molecule has 0 bridgehead atoms. The summed E-state index contributed by atoms with van der Waals surface area (Å²) in [5.74, 6) is 0.902. The number of morpholine rings is 1. The Hall–Kier alpha value is -3.81. The van der Waals surface area contributed by atoms with Gasteiger partial charge in [-0.25, -0.2) is 0 Å². The molecule has 172 valence electrons. The third-order valence-corrected chi connectivity index (χ3v) is 5.85. The number of aryl methyl sites for hydroxylation is 1. The first kappa shape index (κ1) is 22.0. The van der Waals surface area contributed by atoms with Crippen LogP contribution in [0, 0.1) is 6.92 Å². The molecule has 1 fully saturated rings. The van der Waals surface area contributed by atoms with Crippen LogP contribution >= 0.6 is 0 Å². The highest BCUT2D eigenvalue weighted by molar-refractivity contribution is 6.04. The second-order valence-corrected chi connectivity index (χ2v) is 8.19. The summed E-state index contributed by atoms with van der Waals surface area (Å²) < 4.78 is 10.9. The number of hydrogen-bond donors (Lipinski definition) is 0. The Bertz CT molecular complexity index is 1250. The first-order valence-corrected chi connectivity index (χ1v) is 11.4. The maximum Gasteiger partial charge on any atom is 0.260 e. The van der Waals surface area contributed by atoms with E-state index in [1.807, 2.05) is 66.7 Å². The molecule has 1 saturated heterocycles. The lowest BCUT2D eigenvalue weighted by molar-refractivity contribution is -0.120. The van der Waals surface area contributed by atoms with E-state index in [1.165, 1.54) is 0 Å². The van der Waals surface area contributed by atoms with Crippen LogP contribution in [-0.4, -0.2) is 53.8 Å². The van der Waals surface area contributed by atoms with E-state index < -0.39 is 0 Å². The zero-order chi connectivity index (χ0) is 23.3. The molecule has 0 N–H and O–H groups in total. The van der Waals surface area contributed by atoms with Gasteiger partial charge in [-0.2, -0.15) is 4.98 Å². The van der Waals surface area contributed by atoms with Crippen LogP contribution in [0.15, 0.2) is 83.4 Å². The highest BCUT2D eigenvalue weighted by Crippen LogP contribution is 2.35. The van der Waals surface area contributed by atoms with Crippen LogP contribution in [0.5, 0.6) is 0 Å². The summed E-state index contributed by atoms with van der Waals surface area (Å²) >= 11 is 0. The largest absolute Gasteiger partial charge is 0.379 e. The molecule has 7 heteroatoms. The number of para-hydroxylation sites is 1. The molecular formula is C27H26N4O3. The van der Waals surface area contributed by atoms with E-state index in [0.29, 0.717) is 42.7 Å². The van der Waals surface area contributed by atoms with Crippen molar-refractivity contribution in [3.05, 3.63) is 84.7 Å². The Morgan fingerprint density at radius 2 is 1.59 bits per heavy atom. The van der Waals surface area contributed by atoms with E-state index in [2.05, 4.69) is 27.2 Å². The van der Waals surface area contributed by atoms with Gasteiger partial charge in [0, 0.05) is 18.8 Å². The highest BCUT2D eigenvalue weighted by atomic mass is 16.5. The molecule has 4 aromatic rings. The first-order chi connectivity index (χ1) is 16.7. The predicted molar refractivity (Wildman–Crippen MR) is 131 cm³/mol. The molecule has 2 heterocycles. The van der Waals surface area contributed by atoms with Crippen LogP contribution in [0.25, 0.3) is 22.6 Å². The summed E-state index contributed by atoms with van der Waals surface area (Å²) in [7, 11) is 0. The molecule has 3 aromatic carbocycles. The van der Waals surface area contributed by atoms with Gasteiger partial charge in [-0.15, -0.1) is 0 Å². The number of nitrogens with zero attached hydrogens (tertiary/aromatic N) is 4. The molecule has 0 radical (unpaired) electrons. The summed E-state index contributed by atoms with van der Waals surface area (Å²) in [6.07, 6.45) is 0. The number of ether oxygens (including phenoxy) is 1. The number of hydrogen-bond acceptors (Lipinski definition) is 6. The normalized spacial score (nSPS) is 14.1. The van der Waals surface area contributed by atoms with Gasteiger partial charge in [0.15, 0.2) is 5.82 Å². The van der Waals surface area contributed by atoms with E-state index in [9.17, 15) is 4.79 Å². The number of aromatic nitrogens is 2. The van der Waals surface area contributed by atoms with Crippen LogP contribution in [0.4, 0.5) is 11.4 Å². The van der Waals surface area contributed by atoms with Crippen molar-refractivity contribution in [2.45, 2.75) is 6.92 Å². The lowest BCUT2D eigenvalue weighted by atomic mass is 10.0. The van der Waals surface area contributed by atoms with Gasteiger partial charge in [0.05, 0.1) is 31.0 Å². The van der Waals surface area contributed by atoms with Crippen LogP contribution < -0.4 is 4.90 Å². The molecule has 1 aromatic heterocycles.